The summed E-state index contributed by atoms with van der Waals surface area (Å²) in [5, 5.41) is 9.58. The van der Waals surface area contributed by atoms with Crippen LogP contribution in [0.2, 0.25) is 0 Å². The predicted molar refractivity (Wildman–Crippen MR) is 67.8 cm³/mol. The third-order valence-corrected chi connectivity index (χ3v) is 3.61. The Bertz CT molecular complexity index is 512. The van der Waals surface area contributed by atoms with E-state index in [0.717, 1.165) is 38.4 Å². The molecule has 0 bridgehead atoms. The maximum absolute atomic E-state index is 11.5. The van der Waals surface area contributed by atoms with E-state index in [2.05, 4.69) is 16.9 Å². The minimum Gasteiger partial charge on any atom is -0.494 e. The third-order valence-electron chi connectivity index (χ3n) is 3.61. The molecule has 1 aliphatic heterocycles. The monoisotopic (exact) mass is 253 g/mol. The molecule has 6 heteroatoms. The second-order valence-corrected chi connectivity index (χ2v) is 4.98. The van der Waals surface area contributed by atoms with Gasteiger partial charge in [0.25, 0.3) is 5.56 Å². The van der Waals surface area contributed by atoms with Gasteiger partial charge in [0, 0.05) is 6.54 Å². The van der Waals surface area contributed by atoms with Crippen LogP contribution in [0, 0.1) is 5.92 Å². The lowest BCUT2D eigenvalue weighted by Gasteiger charge is -2.28. The molecular formula is C12H19N3O3. The Morgan fingerprint density at radius 3 is 2.67 bits per heavy atom. The molecule has 0 spiro atoms. The standard InChI is InChI=1S/C12H19N3O3/c1-14-5-2-9(3-6-14)4-7-15-11(17)8-10(16)13-12(15)18/h8-9,17H,2-7H2,1H3,(H,13,16,18). The van der Waals surface area contributed by atoms with E-state index in [1.165, 1.54) is 4.57 Å². The van der Waals surface area contributed by atoms with E-state index in [4.69, 9.17) is 0 Å². The number of rotatable bonds is 3. The topological polar surface area (TPSA) is 78.3 Å². The highest BCUT2D eigenvalue weighted by Crippen LogP contribution is 2.20. The fourth-order valence-electron chi connectivity index (χ4n) is 2.39. The maximum atomic E-state index is 11.5. The Hall–Kier alpha value is -1.56. The number of aromatic hydroxyl groups is 1. The molecule has 18 heavy (non-hydrogen) atoms. The molecule has 1 saturated heterocycles. The van der Waals surface area contributed by atoms with Gasteiger partial charge >= 0.3 is 5.69 Å². The molecule has 1 aromatic heterocycles. The second-order valence-electron chi connectivity index (χ2n) is 4.98. The zero-order chi connectivity index (χ0) is 13.1. The van der Waals surface area contributed by atoms with Crippen molar-refractivity contribution in [2.75, 3.05) is 20.1 Å². The average Bonchev–Trinajstić information content (AvgIpc) is 2.30. The van der Waals surface area contributed by atoms with E-state index in [-0.39, 0.29) is 5.88 Å². The van der Waals surface area contributed by atoms with Crippen LogP contribution < -0.4 is 11.2 Å². The molecule has 0 amide bonds. The van der Waals surface area contributed by atoms with Crippen LogP contribution in [0.5, 0.6) is 5.88 Å². The van der Waals surface area contributed by atoms with Gasteiger partial charge in [-0.25, -0.2) is 4.79 Å². The first-order chi connectivity index (χ1) is 8.56. The van der Waals surface area contributed by atoms with Gasteiger partial charge in [0.05, 0.1) is 6.07 Å². The Morgan fingerprint density at radius 2 is 2.06 bits per heavy atom. The molecular weight excluding hydrogens is 234 g/mol. The van der Waals surface area contributed by atoms with Gasteiger partial charge in [-0.1, -0.05) is 0 Å². The largest absolute Gasteiger partial charge is 0.494 e. The van der Waals surface area contributed by atoms with E-state index in [1.807, 2.05) is 0 Å². The number of hydrogen-bond acceptors (Lipinski definition) is 4. The van der Waals surface area contributed by atoms with E-state index < -0.39 is 11.2 Å². The normalized spacial score (nSPS) is 18.1. The fraction of sp³-hybridized carbons (Fsp3) is 0.667. The van der Waals surface area contributed by atoms with Crippen LogP contribution in [-0.2, 0) is 6.54 Å². The number of aromatic nitrogens is 2. The van der Waals surface area contributed by atoms with Crippen molar-refractivity contribution in [3.63, 3.8) is 0 Å². The molecule has 1 fully saturated rings. The Kier molecular flexibility index (Phi) is 3.86. The van der Waals surface area contributed by atoms with E-state index in [1.54, 1.807) is 0 Å². The number of likely N-dealkylation sites (tertiary alicyclic amines) is 1. The first-order valence-electron chi connectivity index (χ1n) is 6.28. The molecule has 0 radical (unpaired) electrons. The molecule has 2 N–H and O–H groups in total. The number of piperidine rings is 1. The highest BCUT2D eigenvalue weighted by atomic mass is 16.3. The maximum Gasteiger partial charge on any atom is 0.331 e. The van der Waals surface area contributed by atoms with Crippen molar-refractivity contribution in [3.05, 3.63) is 26.9 Å². The molecule has 2 rings (SSSR count). The van der Waals surface area contributed by atoms with Crippen molar-refractivity contribution in [3.8, 4) is 5.88 Å². The van der Waals surface area contributed by atoms with E-state index in [0.29, 0.717) is 12.5 Å². The van der Waals surface area contributed by atoms with Crippen molar-refractivity contribution in [1.29, 1.82) is 0 Å². The number of H-pyrrole nitrogens is 1. The van der Waals surface area contributed by atoms with Crippen LogP contribution in [0.1, 0.15) is 19.3 Å². The summed E-state index contributed by atoms with van der Waals surface area (Å²) < 4.78 is 1.22. The molecule has 0 aromatic carbocycles. The van der Waals surface area contributed by atoms with E-state index >= 15 is 0 Å². The summed E-state index contributed by atoms with van der Waals surface area (Å²) in [7, 11) is 2.11. The minimum atomic E-state index is -0.562. The van der Waals surface area contributed by atoms with Crippen LogP contribution in [-0.4, -0.2) is 39.7 Å². The molecule has 0 atom stereocenters. The molecule has 2 heterocycles. The van der Waals surface area contributed by atoms with Crippen molar-refractivity contribution in [2.45, 2.75) is 25.8 Å². The molecule has 1 aromatic rings. The van der Waals surface area contributed by atoms with Crippen LogP contribution in [0.15, 0.2) is 15.7 Å². The second kappa shape index (κ2) is 5.39. The Balaban J connectivity index is 1.98. The lowest BCUT2D eigenvalue weighted by Crippen LogP contribution is -2.32. The van der Waals surface area contributed by atoms with Gasteiger partial charge in [-0.3, -0.25) is 14.3 Å². The smallest absolute Gasteiger partial charge is 0.331 e. The van der Waals surface area contributed by atoms with Crippen molar-refractivity contribution in [1.82, 2.24) is 14.5 Å². The molecule has 6 nitrogen and oxygen atoms in total. The quantitative estimate of drug-likeness (QED) is 0.793. The van der Waals surface area contributed by atoms with Crippen LogP contribution in [0.25, 0.3) is 0 Å². The molecule has 0 saturated carbocycles. The summed E-state index contributed by atoms with van der Waals surface area (Å²) in [4.78, 5) is 26.9. The predicted octanol–water partition coefficient (Wildman–Crippen LogP) is -0.0259. The van der Waals surface area contributed by atoms with Gasteiger partial charge in [0.15, 0.2) is 0 Å². The van der Waals surface area contributed by atoms with Gasteiger partial charge in [0.1, 0.15) is 0 Å². The number of nitrogens with one attached hydrogen (secondary N) is 1. The summed E-state index contributed by atoms with van der Waals surface area (Å²) >= 11 is 0. The SMILES string of the molecule is CN1CCC(CCn2c(O)cc(=O)[nH]c2=O)CC1. The van der Waals surface area contributed by atoms with Crippen LogP contribution >= 0.6 is 0 Å². The molecule has 1 aliphatic rings. The summed E-state index contributed by atoms with van der Waals surface area (Å²) in [5.41, 5.74) is -1.10. The van der Waals surface area contributed by atoms with Crippen LogP contribution in [0.3, 0.4) is 0 Å². The lowest BCUT2D eigenvalue weighted by molar-refractivity contribution is 0.206. The number of aromatic amines is 1. The van der Waals surface area contributed by atoms with E-state index in [9.17, 15) is 14.7 Å². The van der Waals surface area contributed by atoms with Gasteiger partial charge < -0.3 is 10.0 Å². The van der Waals surface area contributed by atoms with Gasteiger partial charge in [-0.2, -0.15) is 0 Å². The highest BCUT2D eigenvalue weighted by molar-refractivity contribution is 5.05. The Morgan fingerprint density at radius 1 is 1.39 bits per heavy atom. The average molecular weight is 253 g/mol. The zero-order valence-electron chi connectivity index (χ0n) is 10.6. The number of hydrogen-bond donors (Lipinski definition) is 2. The highest BCUT2D eigenvalue weighted by Gasteiger charge is 2.17. The lowest BCUT2D eigenvalue weighted by atomic mass is 9.94. The Labute approximate surface area is 105 Å². The molecule has 0 unspecified atom stereocenters. The summed E-state index contributed by atoms with van der Waals surface area (Å²) in [6.07, 6.45) is 3.10. The summed E-state index contributed by atoms with van der Waals surface area (Å²) in [6.45, 7) is 2.62. The van der Waals surface area contributed by atoms with Gasteiger partial charge in [-0.05, 0) is 45.3 Å². The first kappa shape index (κ1) is 12.9. The number of nitrogens with zero attached hydrogens (tertiary/aromatic N) is 2. The minimum absolute atomic E-state index is 0.253. The fourth-order valence-corrected chi connectivity index (χ4v) is 2.39. The molecule has 0 aliphatic carbocycles. The van der Waals surface area contributed by atoms with Gasteiger partial charge in [0.2, 0.25) is 5.88 Å². The van der Waals surface area contributed by atoms with Crippen LogP contribution in [0.4, 0.5) is 0 Å². The van der Waals surface area contributed by atoms with Crippen molar-refractivity contribution < 1.29 is 5.11 Å². The first-order valence-corrected chi connectivity index (χ1v) is 6.28. The summed E-state index contributed by atoms with van der Waals surface area (Å²) in [6, 6.07) is 1.04. The molecule has 100 valence electrons. The van der Waals surface area contributed by atoms with Gasteiger partial charge in [-0.15, -0.1) is 0 Å². The zero-order valence-corrected chi connectivity index (χ0v) is 10.6. The summed E-state index contributed by atoms with van der Waals surface area (Å²) in [5.74, 6) is 0.330. The van der Waals surface area contributed by atoms with Crippen molar-refractivity contribution >= 4 is 0 Å². The van der Waals surface area contributed by atoms with Crippen molar-refractivity contribution in [2.24, 2.45) is 5.92 Å². The third kappa shape index (κ3) is 3.01.